The van der Waals surface area contributed by atoms with Crippen LogP contribution in [0.1, 0.15) is 23.5 Å². The third-order valence-corrected chi connectivity index (χ3v) is 6.68. The zero-order valence-electron chi connectivity index (χ0n) is 15.0. The van der Waals surface area contributed by atoms with Crippen molar-refractivity contribution in [1.29, 1.82) is 0 Å². The predicted octanol–water partition coefficient (Wildman–Crippen LogP) is 1.88. The topological polar surface area (TPSA) is 113 Å². The second kappa shape index (κ2) is 7.25. The fourth-order valence-electron chi connectivity index (χ4n) is 3.95. The lowest BCUT2D eigenvalue weighted by molar-refractivity contribution is -0.131. The van der Waals surface area contributed by atoms with Gasteiger partial charge in [0.2, 0.25) is 10.0 Å². The van der Waals surface area contributed by atoms with Crippen molar-refractivity contribution < 1.29 is 32.6 Å². The number of hydrogen-bond donors (Lipinski definition) is 3. The van der Waals surface area contributed by atoms with Crippen molar-refractivity contribution in [3.05, 3.63) is 65.5 Å². The first-order valence-corrected chi connectivity index (χ1v) is 10.4. The largest absolute Gasteiger partial charge is 0.489 e. The van der Waals surface area contributed by atoms with Crippen LogP contribution in [0.3, 0.4) is 0 Å². The van der Waals surface area contributed by atoms with Crippen molar-refractivity contribution in [3.8, 4) is 5.75 Å². The number of rotatable bonds is 5. The Kier molecular flexibility index (Phi) is 4.89. The number of benzene rings is 2. The van der Waals surface area contributed by atoms with E-state index in [-0.39, 0.29) is 11.3 Å². The van der Waals surface area contributed by atoms with Crippen molar-refractivity contribution in [2.75, 3.05) is 0 Å². The summed E-state index contributed by atoms with van der Waals surface area (Å²) >= 11 is 0. The summed E-state index contributed by atoms with van der Waals surface area (Å²) in [5, 5.41) is 19.3. The van der Waals surface area contributed by atoms with Crippen molar-refractivity contribution in [3.63, 3.8) is 0 Å². The molecule has 0 aromatic heterocycles. The van der Waals surface area contributed by atoms with Crippen LogP contribution in [-0.4, -0.2) is 42.8 Å². The molecular formula is C20H18FNO6S. The van der Waals surface area contributed by atoms with E-state index < -0.39 is 46.0 Å². The zero-order valence-corrected chi connectivity index (χ0v) is 15.8. The van der Waals surface area contributed by atoms with Gasteiger partial charge in [0.1, 0.15) is 17.7 Å². The smallest absolute Gasteiger partial charge is 0.328 e. The summed E-state index contributed by atoms with van der Waals surface area (Å²) in [4.78, 5) is 10.7. The molecule has 1 heterocycles. The van der Waals surface area contributed by atoms with Gasteiger partial charge in [-0.25, -0.2) is 22.3 Å². The van der Waals surface area contributed by atoms with Crippen LogP contribution >= 0.6 is 0 Å². The van der Waals surface area contributed by atoms with Gasteiger partial charge in [-0.05, 0) is 30.3 Å². The fourth-order valence-corrected chi connectivity index (χ4v) is 5.24. The summed E-state index contributed by atoms with van der Waals surface area (Å²) in [5.74, 6) is -1.60. The fraction of sp³-hybridized carbons (Fsp3) is 0.250. The molecule has 0 spiro atoms. The number of sulfonamides is 1. The quantitative estimate of drug-likeness (QED) is 0.638. The highest BCUT2D eigenvalue weighted by Gasteiger charge is 2.51. The van der Waals surface area contributed by atoms with Crippen LogP contribution in [0.5, 0.6) is 5.75 Å². The highest BCUT2D eigenvalue weighted by Crippen LogP contribution is 2.49. The Morgan fingerprint density at radius 2 is 1.93 bits per heavy atom. The third-order valence-electron chi connectivity index (χ3n) is 5.20. The Balaban J connectivity index is 1.66. The Bertz CT molecular complexity index is 1080. The number of aliphatic hydroxyl groups is 1. The molecule has 1 fully saturated rings. The van der Waals surface area contributed by atoms with E-state index in [4.69, 9.17) is 9.84 Å². The maximum atomic E-state index is 13.1. The number of halogens is 1. The van der Waals surface area contributed by atoms with Crippen LogP contribution in [0.4, 0.5) is 4.39 Å². The van der Waals surface area contributed by atoms with Crippen molar-refractivity contribution >= 4 is 22.1 Å². The van der Waals surface area contributed by atoms with Gasteiger partial charge in [-0.1, -0.05) is 18.2 Å². The number of aliphatic carboxylic acids is 1. The van der Waals surface area contributed by atoms with Gasteiger partial charge in [-0.15, -0.1) is 0 Å². The summed E-state index contributed by atoms with van der Waals surface area (Å²) in [6, 6.07) is 8.78. The van der Waals surface area contributed by atoms with Gasteiger partial charge in [-0.3, -0.25) is 0 Å². The van der Waals surface area contributed by atoms with Gasteiger partial charge in [0.05, 0.1) is 17.0 Å². The normalized spacial score (nSPS) is 25.6. The molecule has 4 rings (SSSR count). The van der Waals surface area contributed by atoms with Crippen LogP contribution in [0.15, 0.2) is 53.4 Å². The minimum absolute atomic E-state index is 0.105. The van der Waals surface area contributed by atoms with E-state index in [1.165, 1.54) is 6.08 Å². The molecule has 0 amide bonds. The average molecular weight is 419 g/mol. The van der Waals surface area contributed by atoms with Crippen LogP contribution in [0.2, 0.25) is 0 Å². The standard InChI is InChI=1S/C20H18FNO6S/c21-12-5-7-13(8-6-12)29(26,27)22-19-15(23)10-16-18(19)14-3-1-2-11(20(14)28-16)4-9-17(24)25/h1-9,15-16,18-19,22-23H,10H2,(H,24,25)/b9-4+. The Labute approximate surface area is 166 Å². The first kappa shape index (κ1) is 19.6. The lowest BCUT2D eigenvalue weighted by Crippen LogP contribution is -2.43. The number of fused-ring (bicyclic) bond motifs is 3. The Morgan fingerprint density at radius 1 is 1.21 bits per heavy atom. The molecule has 0 bridgehead atoms. The van der Waals surface area contributed by atoms with Gasteiger partial charge in [0.25, 0.3) is 0 Å². The summed E-state index contributed by atoms with van der Waals surface area (Å²) in [7, 11) is -3.99. The highest BCUT2D eigenvalue weighted by molar-refractivity contribution is 7.89. The van der Waals surface area contributed by atoms with Gasteiger partial charge in [-0.2, -0.15) is 0 Å². The second-order valence-corrected chi connectivity index (χ2v) is 8.74. The molecule has 4 atom stereocenters. The molecule has 9 heteroatoms. The number of hydrogen-bond acceptors (Lipinski definition) is 5. The first-order chi connectivity index (χ1) is 13.8. The van der Waals surface area contributed by atoms with Crippen LogP contribution < -0.4 is 9.46 Å². The molecule has 0 saturated heterocycles. The van der Waals surface area contributed by atoms with E-state index in [0.29, 0.717) is 16.9 Å². The minimum Gasteiger partial charge on any atom is -0.489 e. The first-order valence-electron chi connectivity index (χ1n) is 8.93. The molecule has 3 N–H and O–H groups in total. The van der Waals surface area contributed by atoms with Gasteiger partial charge in [0, 0.05) is 29.5 Å². The maximum Gasteiger partial charge on any atom is 0.328 e. The summed E-state index contributed by atoms with van der Waals surface area (Å²) in [5.41, 5.74) is 1.26. The van der Waals surface area contributed by atoms with Crippen LogP contribution in [0, 0.1) is 5.82 Å². The SMILES string of the molecule is O=C(O)/C=C/c1cccc2c1OC1CC(O)C(NS(=O)(=O)c3ccc(F)cc3)C21. The lowest BCUT2D eigenvalue weighted by Gasteiger charge is -2.22. The predicted molar refractivity (Wildman–Crippen MR) is 101 cm³/mol. The van der Waals surface area contributed by atoms with E-state index >= 15 is 0 Å². The number of aliphatic hydroxyl groups excluding tert-OH is 1. The summed E-state index contributed by atoms with van der Waals surface area (Å²) in [6.45, 7) is 0. The molecule has 1 aliphatic carbocycles. The third kappa shape index (κ3) is 3.64. The minimum atomic E-state index is -3.99. The molecular weight excluding hydrogens is 401 g/mol. The van der Waals surface area contributed by atoms with E-state index in [1.807, 2.05) is 0 Å². The van der Waals surface area contributed by atoms with E-state index in [1.54, 1.807) is 18.2 Å². The monoisotopic (exact) mass is 419 g/mol. The molecule has 7 nitrogen and oxygen atoms in total. The molecule has 0 radical (unpaired) electrons. The van der Waals surface area contributed by atoms with Gasteiger partial charge in [0.15, 0.2) is 0 Å². The van der Waals surface area contributed by atoms with Crippen LogP contribution in [-0.2, 0) is 14.8 Å². The van der Waals surface area contributed by atoms with Gasteiger partial charge >= 0.3 is 5.97 Å². The van der Waals surface area contributed by atoms with Gasteiger partial charge < -0.3 is 14.9 Å². The molecule has 4 unspecified atom stereocenters. The van der Waals surface area contributed by atoms with E-state index in [0.717, 1.165) is 30.3 Å². The summed E-state index contributed by atoms with van der Waals surface area (Å²) in [6.07, 6.45) is 1.22. The molecule has 2 aliphatic rings. The summed E-state index contributed by atoms with van der Waals surface area (Å²) < 4.78 is 47.0. The van der Waals surface area contributed by atoms with Crippen molar-refractivity contribution in [2.45, 2.75) is 35.5 Å². The maximum absolute atomic E-state index is 13.1. The van der Waals surface area contributed by atoms with Crippen LogP contribution in [0.25, 0.3) is 6.08 Å². The molecule has 152 valence electrons. The number of para-hydroxylation sites is 1. The van der Waals surface area contributed by atoms with Crippen molar-refractivity contribution in [1.82, 2.24) is 4.72 Å². The number of nitrogens with one attached hydrogen (secondary N) is 1. The molecule has 1 aliphatic heterocycles. The number of ether oxygens (including phenoxy) is 1. The molecule has 2 aromatic carbocycles. The highest BCUT2D eigenvalue weighted by atomic mass is 32.2. The van der Waals surface area contributed by atoms with E-state index in [2.05, 4.69) is 4.72 Å². The number of carboxylic acids is 1. The molecule has 2 aromatic rings. The zero-order chi connectivity index (χ0) is 20.8. The lowest BCUT2D eigenvalue weighted by atomic mass is 9.93. The molecule has 29 heavy (non-hydrogen) atoms. The molecule has 1 saturated carbocycles. The number of carbonyl (C=O) groups is 1. The Morgan fingerprint density at radius 3 is 2.62 bits per heavy atom. The number of carboxylic acid groups (broad SMARTS) is 1. The second-order valence-electron chi connectivity index (χ2n) is 7.02. The van der Waals surface area contributed by atoms with E-state index in [9.17, 15) is 22.7 Å². The average Bonchev–Trinajstić information content (AvgIpc) is 3.16. The Hall–Kier alpha value is -2.75. The van der Waals surface area contributed by atoms with Crippen molar-refractivity contribution in [2.24, 2.45) is 0 Å².